The highest BCUT2D eigenvalue weighted by atomic mass is 14.8. The maximum absolute atomic E-state index is 3.15. The van der Waals surface area contributed by atoms with Gasteiger partial charge in [-0.25, -0.2) is 0 Å². The molecule has 0 spiro atoms. The third-order valence-electron chi connectivity index (χ3n) is 1.66. The largest absolute Gasteiger partial charge is 0.387 e. The van der Waals surface area contributed by atoms with E-state index in [1.165, 1.54) is 11.1 Å². The lowest BCUT2D eigenvalue weighted by Gasteiger charge is -2.10. The molecule has 0 unspecified atom stereocenters. The van der Waals surface area contributed by atoms with Crippen LogP contribution in [0.5, 0.6) is 0 Å². The Bertz CT molecular complexity index is 263. The predicted molar refractivity (Wildman–Crippen MR) is 41.2 cm³/mol. The molecule has 1 radical (unpaired) electrons. The molecule has 0 saturated carbocycles. The van der Waals surface area contributed by atoms with Crippen molar-refractivity contribution in [3.05, 3.63) is 41.6 Å². The average Bonchev–Trinajstić information content (AvgIpc) is 2.05. The van der Waals surface area contributed by atoms with Crippen molar-refractivity contribution < 1.29 is 0 Å². The summed E-state index contributed by atoms with van der Waals surface area (Å²) in [6.07, 6.45) is 4.03. The molecule has 1 aromatic carbocycles. The summed E-state index contributed by atoms with van der Waals surface area (Å²) < 4.78 is 0. The van der Waals surface area contributed by atoms with Crippen molar-refractivity contribution in [2.75, 3.05) is 0 Å². The molecule has 1 heterocycles. The molecule has 0 fully saturated rings. The first kappa shape index (κ1) is 5.54. The summed E-state index contributed by atoms with van der Waals surface area (Å²) >= 11 is 0. The minimum atomic E-state index is 0.945. The zero-order valence-corrected chi connectivity index (χ0v) is 5.59. The summed E-state index contributed by atoms with van der Waals surface area (Å²) in [5, 5.41) is 3.15. The number of benzene rings is 1. The second-order valence-corrected chi connectivity index (χ2v) is 2.34. The monoisotopic (exact) mass is 130 g/mol. The smallest absolute Gasteiger partial charge is 0.0401 e. The minimum Gasteiger partial charge on any atom is -0.387 e. The second-order valence-electron chi connectivity index (χ2n) is 2.34. The van der Waals surface area contributed by atoms with Gasteiger partial charge < -0.3 is 5.32 Å². The van der Waals surface area contributed by atoms with E-state index >= 15 is 0 Å². The number of rotatable bonds is 0. The van der Waals surface area contributed by atoms with Gasteiger partial charge in [0, 0.05) is 6.54 Å². The van der Waals surface area contributed by atoms with Crippen LogP contribution < -0.4 is 5.32 Å². The van der Waals surface area contributed by atoms with Crippen LogP contribution in [-0.2, 0) is 6.54 Å². The van der Waals surface area contributed by atoms with Gasteiger partial charge in [0.15, 0.2) is 0 Å². The van der Waals surface area contributed by atoms with Gasteiger partial charge in [-0.15, -0.1) is 0 Å². The Morgan fingerprint density at radius 1 is 1.50 bits per heavy atom. The van der Waals surface area contributed by atoms with Gasteiger partial charge in [0.2, 0.25) is 0 Å². The van der Waals surface area contributed by atoms with E-state index in [-0.39, 0.29) is 0 Å². The van der Waals surface area contributed by atoms with Crippen molar-refractivity contribution in [2.45, 2.75) is 6.54 Å². The van der Waals surface area contributed by atoms with E-state index in [9.17, 15) is 0 Å². The van der Waals surface area contributed by atoms with Crippen LogP contribution in [0.1, 0.15) is 11.1 Å². The first-order chi connectivity index (χ1) is 4.97. The van der Waals surface area contributed by atoms with Crippen LogP contribution in [0.4, 0.5) is 0 Å². The molecule has 49 valence electrons. The van der Waals surface area contributed by atoms with Gasteiger partial charge in [-0.3, -0.25) is 0 Å². The summed E-state index contributed by atoms with van der Waals surface area (Å²) in [7, 11) is 0. The van der Waals surface area contributed by atoms with Gasteiger partial charge in [-0.2, -0.15) is 0 Å². The zero-order valence-electron chi connectivity index (χ0n) is 5.59. The quantitative estimate of drug-likeness (QED) is 0.562. The second kappa shape index (κ2) is 2.18. The van der Waals surface area contributed by atoms with Gasteiger partial charge in [0.05, 0.1) is 0 Å². The van der Waals surface area contributed by atoms with E-state index in [0.717, 1.165) is 6.54 Å². The highest BCUT2D eigenvalue weighted by molar-refractivity contribution is 5.55. The molecular formula is C9H8N. The average molecular weight is 130 g/mol. The van der Waals surface area contributed by atoms with E-state index in [0.29, 0.717) is 0 Å². The number of hydrogen-bond acceptors (Lipinski definition) is 1. The lowest BCUT2D eigenvalue weighted by molar-refractivity contribution is 0.859. The Hall–Kier alpha value is -1.24. The van der Waals surface area contributed by atoms with Crippen molar-refractivity contribution in [2.24, 2.45) is 0 Å². The molecule has 0 atom stereocenters. The first-order valence-electron chi connectivity index (χ1n) is 3.36. The molecule has 1 aliphatic heterocycles. The SMILES string of the molecule is [c]1ccc2c(c1)C=CNC2. The predicted octanol–water partition coefficient (Wildman–Crippen LogP) is 1.56. The van der Waals surface area contributed by atoms with Crippen molar-refractivity contribution in [3.63, 3.8) is 0 Å². The third-order valence-corrected chi connectivity index (χ3v) is 1.66. The third kappa shape index (κ3) is 0.798. The molecule has 1 aromatic rings. The maximum atomic E-state index is 3.15. The summed E-state index contributed by atoms with van der Waals surface area (Å²) in [4.78, 5) is 0. The standard InChI is InChI=1S/C9H8N/c1-2-4-9-7-10-6-5-8(9)3-1/h2-6,10H,7H2. The molecule has 0 aromatic heterocycles. The summed E-state index contributed by atoms with van der Waals surface area (Å²) in [6.45, 7) is 0.945. The van der Waals surface area contributed by atoms with Crippen LogP contribution in [0.3, 0.4) is 0 Å². The van der Waals surface area contributed by atoms with E-state index in [1.54, 1.807) is 0 Å². The molecule has 1 heteroatoms. The fourth-order valence-electron chi connectivity index (χ4n) is 1.11. The molecule has 1 N–H and O–H groups in total. The topological polar surface area (TPSA) is 12.0 Å². The van der Waals surface area contributed by atoms with Crippen LogP contribution >= 0.6 is 0 Å². The van der Waals surface area contributed by atoms with Crippen LogP contribution in [0, 0.1) is 6.07 Å². The molecule has 10 heavy (non-hydrogen) atoms. The van der Waals surface area contributed by atoms with Gasteiger partial charge in [-0.05, 0) is 35.5 Å². The summed E-state index contributed by atoms with van der Waals surface area (Å²) in [5.74, 6) is 0. The summed E-state index contributed by atoms with van der Waals surface area (Å²) in [6, 6.07) is 9.08. The fourth-order valence-corrected chi connectivity index (χ4v) is 1.11. The Morgan fingerprint density at radius 2 is 2.50 bits per heavy atom. The van der Waals surface area contributed by atoms with Crippen molar-refractivity contribution >= 4 is 6.08 Å². The van der Waals surface area contributed by atoms with E-state index < -0.39 is 0 Å². The van der Waals surface area contributed by atoms with Crippen molar-refractivity contribution in [1.29, 1.82) is 0 Å². The van der Waals surface area contributed by atoms with E-state index in [4.69, 9.17) is 0 Å². The molecule has 0 amide bonds. The normalized spacial score (nSPS) is 14.0. The van der Waals surface area contributed by atoms with Crippen molar-refractivity contribution in [1.82, 2.24) is 5.32 Å². The van der Waals surface area contributed by atoms with Gasteiger partial charge in [0.1, 0.15) is 0 Å². The molecule has 0 aliphatic carbocycles. The molecule has 1 aliphatic rings. The van der Waals surface area contributed by atoms with Crippen LogP contribution in [-0.4, -0.2) is 0 Å². The lowest BCUT2D eigenvalue weighted by Crippen LogP contribution is -2.09. The number of hydrogen-bond donors (Lipinski definition) is 1. The molecular weight excluding hydrogens is 122 g/mol. The zero-order chi connectivity index (χ0) is 6.81. The van der Waals surface area contributed by atoms with Crippen LogP contribution in [0.25, 0.3) is 6.08 Å². The van der Waals surface area contributed by atoms with Gasteiger partial charge in [-0.1, -0.05) is 12.1 Å². The Morgan fingerprint density at radius 3 is 3.40 bits per heavy atom. The van der Waals surface area contributed by atoms with Gasteiger partial charge >= 0.3 is 0 Å². The van der Waals surface area contributed by atoms with E-state index in [2.05, 4.69) is 23.5 Å². The molecule has 2 rings (SSSR count). The van der Waals surface area contributed by atoms with Crippen LogP contribution in [0.15, 0.2) is 24.4 Å². The van der Waals surface area contributed by atoms with E-state index in [1.807, 2.05) is 18.3 Å². The summed E-state index contributed by atoms with van der Waals surface area (Å²) in [5.41, 5.74) is 2.63. The Kier molecular flexibility index (Phi) is 1.21. The number of nitrogens with one attached hydrogen (secondary N) is 1. The minimum absolute atomic E-state index is 0.945. The molecule has 0 saturated heterocycles. The fraction of sp³-hybridized carbons (Fsp3) is 0.111. The highest BCUT2D eigenvalue weighted by Crippen LogP contribution is 2.12. The maximum Gasteiger partial charge on any atom is 0.0401 e. The Labute approximate surface area is 60.4 Å². The van der Waals surface area contributed by atoms with Crippen LogP contribution in [0.2, 0.25) is 0 Å². The number of fused-ring (bicyclic) bond motifs is 1. The van der Waals surface area contributed by atoms with Crippen molar-refractivity contribution in [3.8, 4) is 0 Å². The molecule has 0 bridgehead atoms. The molecule has 1 nitrogen and oxygen atoms in total. The van der Waals surface area contributed by atoms with Gasteiger partial charge in [0.25, 0.3) is 0 Å². The highest BCUT2D eigenvalue weighted by Gasteiger charge is 1.99. The Balaban J connectivity index is 2.54. The lowest BCUT2D eigenvalue weighted by atomic mass is 10.1. The first-order valence-corrected chi connectivity index (χ1v) is 3.36.